The Bertz CT molecular complexity index is 977. The first-order chi connectivity index (χ1) is 10.4. The second kappa shape index (κ2) is 4.81. The van der Waals surface area contributed by atoms with Gasteiger partial charge in [-0.25, -0.2) is 13.4 Å². The van der Waals surface area contributed by atoms with E-state index in [-0.39, 0.29) is 21.4 Å². The maximum atomic E-state index is 12.5. The lowest BCUT2D eigenvalue weighted by molar-refractivity contribution is -0.384. The zero-order chi connectivity index (χ0) is 15.9. The van der Waals surface area contributed by atoms with Crippen LogP contribution in [-0.2, 0) is 9.84 Å². The van der Waals surface area contributed by atoms with Gasteiger partial charge in [-0.15, -0.1) is 0 Å². The summed E-state index contributed by atoms with van der Waals surface area (Å²) < 4.78 is 25.0. The molecule has 0 spiro atoms. The zero-order valence-corrected chi connectivity index (χ0v) is 11.7. The van der Waals surface area contributed by atoms with Crippen molar-refractivity contribution in [3.05, 3.63) is 52.7 Å². The maximum absolute atomic E-state index is 12.5. The first-order valence-corrected chi connectivity index (χ1v) is 7.53. The lowest BCUT2D eigenvalue weighted by Crippen LogP contribution is -2.02. The number of pyridine rings is 1. The van der Waals surface area contributed by atoms with Crippen LogP contribution < -0.4 is 0 Å². The minimum atomic E-state index is -3.86. The fourth-order valence-electron chi connectivity index (χ4n) is 2.00. The van der Waals surface area contributed by atoms with Gasteiger partial charge in [0.25, 0.3) is 5.69 Å². The Morgan fingerprint density at radius 2 is 1.86 bits per heavy atom. The summed E-state index contributed by atoms with van der Waals surface area (Å²) in [5.74, 6) is -0.0780. The molecule has 0 aliphatic carbocycles. The van der Waals surface area contributed by atoms with E-state index in [1.54, 1.807) is 0 Å². The molecule has 0 saturated carbocycles. The molecule has 2 N–H and O–H groups in total. The van der Waals surface area contributed by atoms with Gasteiger partial charge in [0, 0.05) is 17.5 Å². The molecule has 3 aromatic rings. The molecule has 2 aromatic heterocycles. The Morgan fingerprint density at radius 1 is 1.18 bits per heavy atom. The maximum Gasteiger partial charge on any atom is 0.269 e. The summed E-state index contributed by atoms with van der Waals surface area (Å²) in [4.78, 5) is 16.5. The number of nitro benzene ring substituents is 1. The highest BCUT2D eigenvalue weighted by atomic mass is 32.2. The predicted octanol–water partition coefficient (Wildman–Crippen LogP) is 2.01. The van der Waals surface area contributed by atoms with E-state index >= 15 is 0 Å². The second-order valence-electron chi connectivity index (χ2n) is 4.52. The van der Waals surface area contributed by atoms with E-state index in [0.717, 1.165) is 12.1 Å². The fraction of sp³-hybridized carbons (Fsp3) is 0. The third-order valence-electron chi connectivity index (χ3n) is 3.08. The summed E-state index contributed by atoms with van der Waals surface area (Å²) in [6, 6.07) is 7.32. The third kappa shape index (κ3) is 2.27. The number of nitrogens with zero attached hydrogens (tertiary/aromatic N) is 2. The van der Waals surface area contributed by atoms with Crippen molar-refractivity contribution in [2.45, 2.75) is 9.92 Å². The lowest BCUT2D eigenvalue weighted by Gasteiger charge is -2.01. The van der Waals surface area contributed by atoms with E-state index in [2.05, 4.69) is 9.97 Å². The fourth-order valence-corrected chi connectivity index (χ4v) is 3.26. The minimum Gasteiger partial charge on any atom is -0.506 e. The van der Waals surface area contributed by atoms with Gasteiger partial charge in [-0.2, -0.15) is 0 Å². The van der Waals surface area contributed by atoms with E-state index in [1.165, 1.54) is 30.5 Å². The van der Waals surface area contributed by atoms with E-state index < -0.39 is 14.8 Å². The van der Waals surface area contributed by atoms with Crippen molar-refractivity contribution in [3.63, 3.8) is 0 Å². The number of aromatic nitrogens is 2. The predicted molar refractivity (Wildman–Crippen MR) is 76.3 cm³/mol. The average molecular weight is 319 g/mol. The highest BCUT2D eigenvalue weighted by Crippen LogP contribution is 2.26. The molecule has 0 bridgehead atoms. The first kappa shape index (κ1) is 14.0. The monoisotopic (exact) mass is 319 g/mol. The van der Waals surface area contributed by atoms with Crippen molar-refractivity contribution < 1.29 is 18.4 Å². The molecular weight excluding hydrogens is 310 g/mol. The number of nitrogens with one attached hydrogen (secondary N) is 1. The van der Waals surface area contributed by atoms with Gasteiger partial charge in [0.15, 0.2) is 0 Å². The number of sulfone groups is 1. The molecular formula is C13H9N3O5S. The van der Waals surface area contributed by atoms with Crippen molar-refractivity contribution in [2.75, 3.05) is 0 Å². The Hall–Kier alpha value is -2.94. The number of benzene rings is 1. The van der Waals surface area contributed by atoms with Crippen molar-refractivity contribution in [1.29, 1.82) is 0 Å². The Morgan fingerprint density at radius 3 is 2.50 bits per heavy atom. The second-order valence-corrected chi connectivity index (χ2v) is 6.44. The number of rotatable bonds is 3. The van der Waals surface area contributed by atoms with Gasteiger partial charge >= 0.3 is 0 Å². The molecule has 112 valence electrons. The molecule has 0 aliphatic heterocycles. The Balaban J connectivity index is 2.09. The number of non-ortho nitro benzene ring substituents is 1. The number of fused-ring (bicyclic) bond motifs is 1. The number of aromatic amines is 1. The SMILES string of the molecule is O=[N+]([O-])c1ccc(S(=O)(=O)c2cc3cc(O)cnc3[nH]2)cc1. The van der Waals surface area contributed by atoms with Gasteiger partial charge in [-0.3, -0.25) is 10.1 Å². The summed E-state index contributed by atoms with van der Waals surface area (Å²) in [5.41, 5.74) is 0.125. The Kier molecular flexibility index (Phi) is 3.06. The molecule has 0 unspecified atom stereocenters. The van der Waals surface area contributed by atoms with Crippen LogP contribution in [0.2, 0.25) is 0 Å². The van der Waals surface area contributed by atoms with E-state index in [9.17, 15) is 23.6 Å². The minimum absolute atomic E-state index is 0.0751. The Labute approximate surface area is 124 Å². The average Bonchev–Trinajstić information content (AvgIpc) is 2.91. The summed E-state index contributed by atoms with van der Waals surface area (Å²) in [7, 11) is -3.86. The molecule has 8 nitrogen and oxygen atoms in total. The van der Waals surface area contributed by atoms with Crippen LogP contribution in [-0.4, -0.2) is 28.4 Å². The van der Waals surface area contributed by atoms with Gasteiger partial charge in [-0.05, 0) is 24.3 Å². The highest BCUT2D eigenvalue weighted by molar-refractivity contribution is 7.91. The third-order valence-corrected chi connectivity index (χ3v) is 4.77. The van der Waals surface area contributed by atoms with E-state index in [0.29, 0.717) is 11.0 Å². The molecule has 2 heterocycles. The van der Waals surface area contributed by atoms with Crippen molar-refractivity contribution in [1.82, 2.24) is 9.97 Å². The van der Waals surface area contributed by atoms with Crippen LogP contribution in [0.4, 0.5) is 5.69 Å². The number of nitro groups is 1. The molecule has 0 amide bonds. The largest absolute Gasteiger partial charge is 0.506 e. The molecule has 0 saturated heterocycles. The van der Waals surface area contributed by atoms with E-state index in [1.807, 2.05) is 0 Å². The molecule has 22 heavy (non-hydrogen) atoms. The van der Waals surface area contributed by atoms with Gasteiger partial charge < -0.3 is 10.1 Å². The van der Waals surface area contributed by atoms with Crippen molar-refractivity contribution in [3.8, 4) is 5.75 Å². The summed E-state index contributed by atoms with van der Waals surface area (Å²) in [6.07, 6.45) is 1.20. The van der Waals surface area contributed by atoms with Crippen LogP contribution in [0.3, 0.4) is 0 Å². The lowest BCUT2D eigenvalue weighted by atomic mass is 10.3. The van der Waals surface area contributed by atoms with Gasteiger partial charge in [0.2, 0.25) is 9.84 Å². The van der Waals surface area contributed by atoms with Crippen molar-refractivity contribution in [2.24, 2.45) is 0 Å². The van der Waals surface area contributed by atoms with Crippen molar-refractivity contribution >= 4 is 26.6 Å². The zero-order valence-electron chi connectivity index (χ0n) is 10.9. The van der Waals surface area contributed by atoms with Crippen LogP contribution >= 0.6 is 0 Å². The smallest absolute Gasteiger partial charge is 0.269 e. The molecule has 0 radical (unpaired) electrons. The molecule has 1 aromatic carbocycles. The number of aromatic hydroxyl groups is 1. The number of hydrogen-bond acceptors (Lipinski definition) is 6. The number of H-pyrrole nitrogens is 1. The topological polar surface area (TPSA) is 126 Å². The summed E-state index contributed by atoms with van der Waals surface area (Å²) in [6.45, 7) is 0. The van der Waals surface area contributed by atoms with Crippen LogP contribution in [0.1, 0.15) is 0 Å². The molecule has 3 rings (SSSR count). The van der Waals surface area contributed by atoms with Gasteiger partial charge in [0.05, 0.1) is 16.0 Å². The van der Waals surface area contributed by atoms with Gasteiger partial charge in [0.1, 0.15) is 16.4 Å². The normalized spacial score (nSPS) is 11.6. The van der Waals surface area contributed by atoms with Crippen LogP contribution in [0, 0.1) is 10.1 Å². The summed E-state index contributed by atoms with van der Waals surface area (Å²) >= 11 is 0. The van der Waals surface area contributed by atoms with Crippen LogP contribution in [0.25, 0.3) is 11.0 Å². The molecule has 9 heteroatoms. The number of hydrogen-bond donors (Lipinski definition) is 2. The molecule has 0 aliphatic rings. The molecule has 0 atom stereocenters. The van der Waals surface area contributed by atoms with E-state index in [4.69, 9.17) is 0 Å². The standard InChI is InChI=1S/C13H9N3O5S/c17-10-5-8-6-12(15-13(8)14-7-10)22(20,21)11-3-1-9(2-4-11)16(18)19/h1-7,17H,(H,14,15). The quantitative estimate of drug-likeness (QED) is 0.561. The molecule has 0 fully saturated rings. The first-order valence-electron chi connectivity index (χ1n) is 6.05. The van der Waals surface area contributed by atoms with Crippen LogP contribution in [0.5, 0.6) is 5.75 Å². The van der Waals surface area contributed by atoms with Crippen LogP contribution in [0.15, 0.2) is 52.5 Å². The van der Waals surface area contributed by atoms with Gasteiger partial charge in [-0.1, -0.05) is 0 Å². The highest BCUT2D eigenvalue weighted by Gasteiger charge is 2.21. The summed E-state index contributed by atoms with van der Waals surface area (Å²) in [5, 5.41) is 20.3.